The van der Waals surface area contributed by atoms with Crippen LogP contribution in [0.5, 0.6) is 0 Å². The third kappa shape index (κ3) is 5.55. The molecular formula is C15H22N2O2. The fourth-order valence-corrected chi connectivity index (χ4v) is 1.71. The standard InChI is InChI=1S/C15H22N2O2/c1-4-5-10-17(13(3)18)11-15(19)16-14-8-6-12(2)7-9-14/h6-9H,4-5,10-11H2,1-3H3,(H,16,19). The fourth-order valence-electron chi connectivity index (χ4n) is 1.71. The minimum absolute atomic E-state index is 0.0625. The van der Waals surface area contributed by atoms with E-state index in [2.05, 4.69) is 12.2 Å². The number of carbonyl (C=O) groups excluding carboxylic acids is 2. The Bertz CT molecular complexity index is 426. The van der Waals surface area contributed by atoms with Crippen molar-refractivity contribution in [3.8, 4) is 0 Å². The summed E-state index contributed by atoms with van der Waals surface area (Å²) in [4.78, 5) is 24.9. The number of hydrogen-bond acceptors (Lipinski definition) is 2. The van der Waals surface area contributed by atoms with E-state index in [4.69, 9.17) is 0 Å². The summed E-state index contributed by atoms with van der Waals surface area (Å²) in [6, 6.07) is 7.60. The average molecular weight is 262 g/mol. The number of anilines is 1. The SMILES string of the molecule is CCCCN(CC(=O)Nc1ccc(C)cc1)C(C)=O. The number of benzene rings is 1. The molecule has 1 aromatic rings. The van der Waals surface area contributed by atoms with E-state index in [1.54, 1.807) is 4.90 Å². The lowest BCUT2D eigenvalue weighted by atomic mass is 10.2. The number of hydrogen-bond donors (Lipinski definition) is 1. The summed E-state index contributed by atoms with van der Waals surface area (Å²) >= 11 is 0. The second-order valence-electron chi connectivity index (χ2n) is 4.71. The van der Waals surface area contributed by atoms with E-state index < -0.39 is 0 Å². The third-order valence-electron chi connectivity index (χ3n) is 2.90. The predicted octanol–water partition coefficient (Wildman–Crippen LogP) is 2.58. The molecule has 4 nitrogen and oxygen atoms in total. The van der Waals surface area contributed by atoms with E-state index in [0.29, 0.717) is 6.54 Å². The summed E-state index contributed by atoms with van der Waals surface area (Å²) in [7, 11) is 0. The lowest BCUT2D eigenvalue weighted by Crippen LogP contribution is -2.37. The first-order chi connectivity index (χ1) is 9.02. The highest BCUT2D eigenvalue weighted by molar-refractivity contribution is 5.94. The van der Waals surface area contributed by atoms with Crippen LogP contribution in [0.15, 0.2) is 24.3 Å². The molecule has 0 spiro atoms. The zero-order chi connectivity index (χ0) is 14.3. The lowest BCUT2D eigenvalue weighted by Gasteiger charge is -2.20. The summed E-state index contributed by atoms with van der Waals surface area (Å²) in [5, 5.41) is 2.80. The first kappa shape index (κ1) is 15.2. The normalized spacial score (nSPS) is 10.1. The van der Waals surface area contributed by atoms with E-state index in [1.807, 2.05) is 31.2 Å². The Morgan fingerprint density at radius 1 is 1.21 bits per heavy atom. The number of nitrogens with zero attached hydrogens (tertiary/aromatic N) is 1. The molecule has 19 heavy (non-hydrogen) atoms. The van der Waals surface area contributed by atoms with E-state index in [0.717, 1.165) is 24.1 Å². The molecule has 1 rings (SSSR count). The van der Waals surface area contributed by atoms with Gasteiger partial charge in [0.1, 0.15) is 0 Å². The van der Waals surface area contributed by atoms with Crippen LogP contribution in [0.1, 0.15) is 32.3 Å². The highest BCUT2D eigenvalue weighted by Gasteiger charge is 2.12. The number of unbranched alkanes of at least 4 members (excludes halogenated alkanes) is 1. The fraction of sp³-hybridized carbons (Fsp3) is 0.467. The first-order valence-corrected chi connectivity index (χ1v) is 6.65. The molecular weight excluding hydrogens is 240 g/mol. The maximum absolute atomic E-state index is 11.9. The van der Waals surface area contributed by atoms with Gasteiger partial charge in [0.05, 0.1) is 6.54 Å². The van der Waals surface area contributed by atoms with E-state index in [-0.39, 0.29) is 18.4 Å². The van der Waals surface area contributed by atoms with Gasteiger partial charge in [-0.3, -0.25) is 9.59 Å². The predicted molar refractivity (Wildman–Crippen MR) is 77.0 cm³/mol. The number of carbonyl (C=O) groups is 2. The van der Waals surface area contributed by atoms with Crippen molar-refractivity contribution in [3.63, 3.8) is 0 Å². The molecule has 0 aliphatic carbocycles. The monoisotopic (exact) mass is 262 g/mol. The van der Waals surface area contributed by atoms with Gasteiger partial charge in [0.25, 0.3) is 0 Å². The Morgan fingerprint density at radius 3 is 2.37 bits per heavy atom. The molecule has 0 atom stereocenters. The molecule has 0 fully saturated rings. The molecule has 0 aliphatic heterocycles. The maximum Gasteiger partial charge on any atom is 0.243 e. The van der Waals surface area contributed by atoms with Crippen LogP contribution >= 0.6 is 0 Å². The molecule has 0 saturated heterocycles. The van der Waals surface area contributed by atoms with Gasteiger partial charge in [-0.25, -0.2) is 0 Å². The molecule has 0 saturated carbocycles. The minimum atomic E-state index is -0.157. The maximum atomic E-state index is 11.9. The van der Waals surface area contributed by atoms with Crippen LogP contribution in [0.4, 0.5) is 5.69 Å². The lowest BCUT2D eigenvalue weighted by molar-refractivity contribution is -0.132. The van der Waals surface area contributed by atoms with Crippen molar-refractivity contribution in [2.75, 3.05) is 18.4 Å². The van der Waals surface area contributed by atoms with Gasteiger partial charge in [-0.15, -0.1) is 0 Å². The van der Waals surface area contributed by atoms with E-state index >= 15 is 0 Å². The molecule has 2 amide bonds. The van der Waals surface area contributed by atoms with Crippen LogP contribution in [0.2, 0.25) is 0 Å². The zero-order valence-electron chi connectivity index (χ0n) is 11.9. The Morgan fingerprint density at radius 2 is 1.84 bits per heavy atom. The molecule has 0 heterocycles. The Hall–Kier alpha value is -1.84. The summed E-state index contributed by atoms with van der Waals surface area (Å²) in [5.74, 6) is -0.220. The van der Waals surface area contributed by atoms with Crippen LogP contribution < -0.4 is 5.32 Å². The smallest absolute Gasteiger partial charge is 0.243 e. The van der Waals surface area contributed by atoms with Crippen molar-refractivity contribution in [1.82, 2.24) is 4.90 Å². The van der Waals surface area contributed by atoms with Crippen LogP contribution in [-0.2, 0) is 9.59 Å². The van der Waals surface area contributed by atoms with Crippen molar-refractivity contribution in [2.45, 2.75) is 33.6 Å². The van der Waals surface area contributed by atoms with E-state index in [9.17, 15) is 9.59 Å². The Kier molecular flexibility index (Phi) is 6.06. The second kappa shape index (κ2) is 7.56. The number of amides is 2. The zero-order valence-corrected chi connectivity index (χ0v) is 11.9. The molecule has 104 valence electrons. The van der Waals surface area contributed by atoms with Gasteiger partial charge in [-0.1, -0.05) is 31.0 Å². The largest absolute Gasteiger partial charge is 0.334 e. The van der Waals surface area contributed by atoms with Gasteiger partial charge in [0, 0.05) is 19.2 Å². The quantitative estimate of drug-likeness (QED) is 0.856. The molecule has 0 unspecified atom stereocenters. The van der Waals surface area contributed by atoms with Crippen LogP contribution in [0.3, 0.4) is 0 Å². The highest BCUT2D eigenvalue weighted by atomic mass is 16.2. The van der Waals surface area contributed by atoms with Gasteiger partial charge in [0.15, 0.2) is 0 Å². The molecule has 0 aliphatic rings. The van der Waals surface area contributed by atoms with Gasteiger partial charge in [0.2, 0.25) is 11.8 Å². The molecule has 0 radical (unpaired) electrons. The van der Waals surface area contributed by atoms with Gasteiger partial charge in [-0.05, 0) is 25.5 Å². The van der Waals surface area contributed by atoms with Gasteiger partial charge < -0.3 is 10.2 Å². The summed E-state index contributed by atoms with van der Waals surface area (Å²) in [6.45, 7) is 6.30. The van der Waals surface area contributed by atoms with Crippen molar-refractivity contribution >= 4 is 17.5 Å². The first-order valence-electron chi connectivity index (χ1n) is 6.65. The van der Waals surface area contributed by atoms with Gasteiger partial charge in [-0.2, -0.15) is 0 Å². The highest BCUT2D eigenvalue weighted by Crippen LogP contribution is 2.08. The molecule has 0 bridgehead atoms. The van der Waals surface area contributed by atoms with Crippen molar-refractivity contribution < 1.29 is 9.59 Å². The average Bonchev–Trinajstić information content (AvgIpc) is 2.37. The van der Waals surface area contributed by atoms with Crippen molar-refractivity contribution in [1.29, 1.82) is 0 Å². The molecule has 0 aromatic heterocycles. The van der Waals surface area contributed by atoms with Crippen LogP contribution in [-0.4, -0.2) is 29.8 Å². The van der Waals surface area contributed by atoms with Crippen LogP contribution in [0, 0.1) is 6.92 Å². The summed E-state index contributed by atoms with van der Waals surface area (Å²) < 4.78 is 0. The summed E-state index contributed by atoms with van der Waals surface area (Å²) in [5.41, 5.74) is 1.90. The van der Waals surface area contributed by atoms with E-state index in [1.165, 1.54) is 6.92 Å². The van der Waals surface area contributed by atoms with Gasteiger partial charge >= 0.3 is 0 Å². The van der Waals surface area contributed by atoms with Crippen molar-refractivity contribution in [3.05, 3.63) is 29.8 Å². The number of aryl methyl sites for hydroxylation is 1. The minimum Gasteiger partial charge on any atom is -0.334 e. The molecule has 4 heteroatoms. The number of nitrogens with one attached hydrogen (secondary N) is 1. The Balaban J connectivity index is 2.52. The Labute approximate surface area is 114 Å². The molecule has 1 N–H and O–H groups in total. The van der Waals surface area contributed by atoms with Crippen LogP contribution in [0.25, 0.3) is 0 Å². The topological polar surface area (TPSA) is 49.4 Å². The third-order valence-corrected chi connectivity index (χ3v) is 2.90. The van der Waals surface area contributed by atoms with Crippen molar-refractivity contribution in [2.24, 2.45) is 0 Å². The second-order valence-corrected chi connectivity index (χ2v) is 4.71. The molecule has 1 aromatic carbocycles. The summed E-state index contributed by atoms with van der Waals surface area (Å²) in [6.07, 6.45) is 1.92. The number of rotatable bonds is 6.